The molecule has 4 heteroatoms. The Balaban J connectivity index is 1.21. The maximum absolute atomic E-state index is 2.59. The normalized spacial score (nSPS) is 16.6. The Morgan fingerprint density at radius 1 is 0.400 bits per heavy atom. The first-order chi connectivity index (χ1) is 26.4. The lowest BCUT2D eigenvalue weighted by atomic mass is 9.33. The van der Waals surface area contributed by atoms with Crippen LogP contribution in [0.3, 0.4) is 0 Å². The quantitative estimate of drug-likeness (QED) is 0.167. The first kappa shape index (κ1) is 34.0. The third kappa shape index (κ3) is 5.00. The van der Waals surface area contributed by atoms with Gasteiger partial charge in [0.05, 0.1) is 0 Å². The molecule has 0 bridgehead atoms. The minimum atomic E-state index is -2.45. The molecule has 0 fully saturated rings. The van der Waals surface area contributed by atoms with Gasteiger partial charge in [0.2, 0.25) is 0 Å². The van der Waals surface area contributed by atoms with E-state index in [4.69, 9.17) is 0 Å². The van der Waals surface area contributed by atoms with Crippen LogP contribution in [0.4, 0.5) is 34.1 Å². The van der Waals surface area contributed by atoms with E-state index in [0.717, 1.165) is 0 Å². The van der Waals surface area contributed by atoms with E-state index in [1.54, 1.807) is 0 Å². The maximum atomic E-state index is 2.59. The van der Waals surface area contributed by atoms with E-state index in [1.807, 2.05) is 0 Å². The van der Waals surface area contributed by atoms with Crippen molar-refractivity contribution in [3.05, 3.63) is 169 Å². The molecule has 0 radical (unpaired) electrons. The molecule has 0 aromatic heterocycles. The molecule has 3 aliphatic heterocycles. The average Bonchev–Trinajstić information content (AvgIpc) is 3.19. The van der Waals surface area contributed by atoms with E-state index < -0.39 is 8.07 Å². The Labute approximate surface area is 328 Å². The molecule has 0 N–H and O–H groups in total. The van der Waals surface area contributed by atoms with E-state index in [-0.39, 0.29) is 17.5 Å². The molecule has 1 unspecified atom stereocenters. The molecule has 0 saturated carbocycles. The lowest BCUT2D eigenvalue weighted by molar-refractivity contribution is 0.590. The van der Waals surface area contributed by atoms with Gasteiger partial charge in [-0.05, 0) is 103 Å². The van der Waals surface area contributed by atoms with Gasteiger partial charge in [-0.2, -0.15) is 0 Å². The zero-order chi connectivity index (χ0) is 37.9. The van der Waals surface area contributed by atoms with Crippen molar-refractivity contribution < 1.29 is 0 Å². The summed E-state index contributed by atoms with van der Waals surface area (Å²) >= 11 is 0. The van der Waals surface area contributed by atoms with E-state index in [1.165, 1.54) is 88.3 Å². The van der Waals surface area contributed by atoms with E-state index in [2.05, 4.69) is 216 Å². The Kier molecular flexibility index (Phi) is 7.38. The van der Waals surface area contributed by atoms with Crippen LogP contribution in [0.2, 0.25) is 6.55 Å². The molecular weight excluding hydrogens is 679 g/mol. The summed E-state index contributed by atoms with van der Waals surface area (Å²) in [4.78, 5) is 5.11. The summed E-state index contributed by atoms with van der Waals surface area (Å²) < 4.78 is 0. The Morgan fingerprint density at radius 2 is 0.782 bits per heavy atom. The Hall–Kier alpha value is -5.58. The van der Waals surface area contributed by atoms with Gasteiger partial charge in [0.1, 0.15) is 8.07 Å². The van der Waals surface area contributed by atoms with Gasteiger partial charge < -0.3 is 9.80 Å². The summed E-state index contributed by atoms with van der Waals surface area (Å²) in [5.74, 6) is 0. The SMILES string of the molecule is CC(C)(C)c1ccc(-c2ccc(N3c4cccc5c4B4c6c3cccc6[Si](C)(c3ccccc3)c3cccc(c34)N5c3ccc(C(C)(C)C)cc3)cc2)cc1. The van der Waals surface area contributed by atoms with Gasteiger partial charge in [0, 0.05) is 34.1 Å². The molecule has 10 rings (SSSR count). The van der Waals surface area contributed by atoms with Crippen LogP contribution in [-0.4, -0.2) is 14.8 Å². The molecule has 0 saturated heterocycles. The predicted octanol–water partition coefficient (Wildman–Crippen LogP) is 9.44. The molecule has 268 valence electrons. The highest BCUT2D eigenvalue weighted by atomic mass is 28.3. The fraction of sp³-hybridized carbons (Fsp3) is 0.176. The second kappa shape index (κ2) is 12.0. The standard InChI is InChI=1S/C51H47BN2Si/c1-50(2,3)36-26-22-34(23-27-36)35-24-30-38(31-25-35)53-41-16-11-17-42-47(41)52-48-43(53)18-12-20-45(48)55(7,40-14-9-8-10-15-40)46-21-13-19-44(49(46)52)54(42)39-32-28-37(29-33-39)51(4,5)6/h8-33H,1-7H3. The summed E-state index contributed by atoms with van der Waals surface area (Å²) in [6, 6.07) is 60.3. The Morgan fingerprint density at radius 3 is 1.24 bits per heavy atom. The number of nitrogens with zero attached hydrogens (tertiary/aromatic N) is 2. The van der Waals surface area contributed by atoms with Gasteiger partial charge in [0.15, 0.2) is 0 Å². The fourth-order valence-corrected chi connectivity index (χ4v) is 14.0. The van der Waals surface area contributed by atoms with Gasteiger partial charge in [-0.15, -0.1) is 0 Å². The van der Waals surface area contributed by atoms with Gasteiger partial charge in [0.25, 0.3) is 6.71 Å². The highest BCUT2D eigenvalue weighted by molar-refractivity contribution is 7.21. The largest absolute Gasteiger partial charge is 0.311 e. The monoisotopic (exact) mass is 726 g/mol. The number of hydrogen-bond donors (Lipinski definition) is 0. The summed E-state index contributed by atoms with van der Waals surface area (Å²) in [5, 5.41) is 4.50. The molecule has 3 heterocycles. The van der Waals surface area contributed by atoms with Crippen molar-refractivity contribution in [1.82, 2.24) is 0 Å². The second-order valence-electron chi connectivity index (χ2n) is 18.0. The summed E-state index contributed by atoms with van der Waals surface area (Å²) in [6.45, 7) is 16.4. The lowest BCUT2D eigenvalue weighted by Crippen LogP contribution is -2.83. The van der Waals surface area contributed by atoms with Crippen LogP contribution in [0.5, 0.6) is 0 Å². The van der Waals surface area contributed by atoms with Crippen LogP contribution in [-0.2, 0) is 10.8 Å². The summed E-state index contributed by atoms with van der Waals surface area (Å²) in [5.41, 5.74) is 17.3. The topological polar surface area (TPSA) is 6.48 Å². The van der Waals surface area contributed by atoms with Crippen molar-refractivity contribution in [2.24, 2.45) is 0 Å². The first-order valence-electron chi connectivity index (χ1n) is 19.8. The fourth-order valence-electron chi connectivity index (χ4n) is 9.75. The number of rotatable bonds is 4. The number of anilines is 6. The van der Waals surface area contributed by atoms with Crippen molar-refractivity contribution in [2.45, 2.75) is 58.9 Å². The van der Waals surface area contributed by atoms with Gasteiger partial charge in [-0.25, -0.2) is 0 Å². The average molecular weight is 727 g/mol. The molecule has 2 nitrogen and oxygen atoms in total. The van der Waals surface area contributed by atoms with Crippen LogP contribution in [0.15, 0.2) is 158 Å². The molecule has 55 heavy (non-hydrogen) atoms. The van der Waals surface area contributed by atoms with Crippen molar-refractivity contribution in [1.29, 1.82) is 0 Å². The molecule has 3 aliphatic rings. The second-order valence-corrected chi connectivity index (χ2v) is 21.9. The van der Waals surface area contributed by atoms with Crippen molar-refractivity contribution in [2.75, 3.05) is 9.80 Å². The third-order valence-corrected chi connectivity index (χ3v) is 17.2. The molecule has 0 aliphatic carbocycles. The lowest BCUT2D eigenvalue weighted by Gasteiger charge is -2.50. The van der Waals surface area contributed by atoms with Crippen molar-refractivity contribution in [3.63, 3.8) is 0 Å². The molecule has 7 aromatic rings. The van der Waals surface area contributed by atoms with E-state index in [0.29, 0.717) is 0 Å². The zero-order valence-electron chi connectivity index (χ0n) is 33.0. The minimum absolute atomic E-state index is 0.0818. The highest BCUT2D eigenvalue weighted by Gasteiger charge is 2.53. The van der Waals surface area contributed by atoms with Crippen molar-refractivity contribution >= 4 is 80.9 Å². The van der Waals surface area contributed by atoms with Gasteiger partial charge in [-0.1, -0.05) is 168 Å². The highest BCUT2D eigenvalue weighted by Crippen LogP contribution is 2.45. The summed E-state index contributed by atoms with van der Waals surface area (Å²) in [7, 11) is -2.45. The summed E-state index contributed by atoms with van der Waals surface area (Å²) in [6.07, 6.45) is 0. The molecule has 0 spiro atoms. The van der Waals surface area contributed by atoms with E-state index in [9.17, 15) is 0 Å². The van der Waals surface area contributed by atoms with Crippen LogP contribution in [0, 0.1) is 0 Å². The molecular formula is C51H47BN2Si. The van der Waals surface area contributed by atoms with Gasteiger partial charge >= 0.3 is 0 Å². The number of benzene rings is 7. The van der Waals surface area contributed by atoms with Crippen molar-refractivity contribution in [3.8, 4) is 11.1 Å². The third-order valence-electron chi connectivity index (χ3n) is 12.7. The zero-order valence-corrected chi connectivity index (χ0v) is 34.0. The first-order valence-corrected chi connectivity index (χ1v) is 22.3. The Bertz CT molecular complexity index is 2620. The minimum Gasteiger partial charge on any atom is -0.311 e. The molecule has 1 atom stereocenters. The number of hydrogen-bond acceptors (Lipinski definition) is 2. The van der Waals surface area contributed by atoms with Crippen LogP contribution < -0.4 is 41.7 Å². The maximum Gasteiger partial charge on any atom is 0.251 e. The predicted molar refractivity (Wildman–Crippen MR) is 240 cm³/mol. The smallest absolute Gasteiger partial charge is 0.251 e. The van der Waals surface area contributed by atoms with Crippen LogP contribution >= 0.6 is 0 Å². The van der Waals surface area contributed by atoms with Gasteiger partial charge in [-0.3, -0.25) is 0 Å². The van der Waals surface area contributed by atoms with Crippen LogP contribution in [0.25, 0.3) is 11.1 Å². The van der Waals surface area contributed by atoms with Crippen LogP contribution in [0.1, 0.15) is 52.7 Å². The van der Waals surface area contributed by atoms with E-state index >= 15 is 0 Å². The molecule has 0 amide bonds. The molecule has 7 aromatic carbocycles.